The van der Waals surface area contributed by atoms with Crippen LogP contribution in [0.3, 0.4) is 0 Å². The van der Waals surface area contributed by atoms with Crippen molar-refractivity contribution in [2.24, 2.45) is 0 Å². The zero-order valence-electron chi connectivity index (χ0n) is 15.2. The van der Waals surface area contributed by atoms with Crippen LogP contribution in [-0.2, 0) is 11.2 Å². The molecule has 0 atom stereocenters. The fourth-order valence-corrected chi connectivity index (χ4v) is 3.45. The lowest BCUT2D eigenvalue weighted by Gasteiger charge is -2.07. The molecule has 0 saturated heterocycles. The molecular weight excluding hydrogens is 361 g/mol. The van der Waals surface area contributed by atoms with Gasteiger partial charge >= 0.3 is 0 Å². The van der Waals surface area contributed by atoms with Crippen LogP contribution in [0.5, 0.6) is 0 Å². The van der Waals surface area contributed by atoms with Crippen molar-refractivity contribution < 1.29 is 9.18 Å². The van der Waals surface area contributed by atoms with E-state index < -0.39 is 0 Å². The molecule has 0 radical (unpaired) electrons. The topological polar surface area (TPSA) is 54.9 Å². The van der Waals surface area contributed by atoms with Crippen molar-refractivity contribution in [1.82, 2.24) is 9.97 Å². The number of carbonyl (C=O) groups is 1. The summed E-state index contributed by atoms with van der Waals surface area (Å²) in [5.74, 6) is -0.343. The molecule has 3 aromatic rings. The first-order valence-electron chi connectivity index (χ1n) is 8.62. The van der Waals surface area contributed by atoms with Gasteiger partial charge in [0.2, 0.25) is 5.91 Å². The third-order valence-corrected chi connectivity index (χ3v) is 4.74. The number of carbonyl (C=O) groups excluding carboxylic acids is 1. The number of benzene rings is 2. The van der Waals surface area contributed by atoms with Crippen molar-refractivity contribution in [2.75, 3.05) is 5.32 Å². The van der Waals surface area contributed by atoms with E-state index in [0.717, 1.165) is 27.5 Å². The van der Waals surface area contributed by atoms with Crippen molar-refractivity contribution >= 4 is 23.4 Å². The summed E-state index contributed by atoms with van der Waals surface area (Å²) in [6.07, 6.45) is 0.919. The molecular formula is C21H20FN3OS. The van der Waals surface area contributed by atoms with Gasteiger partial charge in [0, 0.05) is 28.4 Å². The summed E-state index contributed by atoms with van der Waals surface area (Å²) in [7, 11) is 0. The Labute approximate surface area is 162 Å². The van der Waals surface area contributed by atoms with Gasteiger partial charge in [-0.2, -0.15) is 0 Å². The number of anilines is 1. The standard InChI is InChI=1S/C21H20FN3OS/c1-14-13-15(2)24-21(23-14)27-19-10-8-18(9-11-19)25-20(26)12-5-16-3-6-17(22)7-4-16/h3-4,6-11,13H,5,12H2,1-2H3,(H,25,26). The lowest BCUT2D eigenvalue weighted by atomic mass is 10.1. The molecule has 0 bridgehead atoms. The van der Waals surface area contributed by atoms with E-state index in [0.29, 0.717) is 18.0 Å². The third-order valence-electron chi connectivity index (χ3n) is 3.86. The molecule has 0 fully saturated rings. The molecule has 0 aliphatic rings. The molecule has 0 spiro atoms. The number of aromatic nitrogens is 2. The Morgan fingerprint density at radius 2 is 1.63 bits per heavy atom. The first-order chi connectivity index (χ1) is 13.0. The van der Waals surface area contributed by atoms with Crippen molar-refractivity contribution in [3.05, 3.63) is 77.4 Å². The van der Waals surface area contributed by atoms with Gasteiger partial charge in [-0.3, -0.25) is 4.79 Å². The first-order valence-corrected chi connectivity index (χ1v) is 9.44. The summed E-state index contributed by atoms with van der Waals surface area (Å²) in [5, 5.41) is 3.59. The van der Waals surface area contributed by atoms with Crippen LogP contribution >= 0.6 is 11.8 Å². The minimum absolute atomic E-state index is 0.0719. The second kappa shape index (κ2) is 8.77. The Balaban J connectivity index is 1.53. The molecule has 0 aliphatic heterocycles. The Morgan fingerprint density at radius 1 is 1.00 bits per heavy atom. The van der Waals surface area contributed by atoms with Crippen LogP contribution in [0, 0.1) is 19.7 Å². The molecule has 2 aromatic carbocycles. The smallest absolute Gasteiger partial charge is 0.224 e. The molecule has 1 aromatic heterocycles. The molecule has 1 N–H and O–H groups in total. The molecule has 0 unspecified atom stereocenters. The lowest BCUT2D eigenvalue weighted by Crippen LogP contribution is -2.12. The van der Waals surface area contributed by atoms with Gasteiger partial charge in [0.25, 0.3) is 0 Å². The predicted molar refractivity (Wildman–Crippen MR) is 105 cm³/mol. The van der Waals surface area contributed by atoms with E-state index in [1.165, 1.54) is 23.9 Å². The average Bonchev–Trinajstić information content (AvgIpc) is 2.62. The number of nitrogens with one attached hydrogen (secondary N) is 1. The van der Waals surface area contributed by atoms with Crippen molar-refractivity contribution in [3.63, 3.8) is 0 Å². The van der Waals surface area contributed by atoms with Gasteiger partial charge in [0.15, 0.2) is 5.16 Å². The highest BCUT2D eigenvalue weighted by Crippen LogP contribution is 2.26. The van der Waals surface area contributed by atoms with Gasteiger partial charge in [0.05, 0.1) is 0 Å². The highest BCUT2D eigenvalue weighted by atomic mass is 32.2. The van der Waals surface area contributed by atoms with Gasteiger partial charge in [-0.15, -0.1) is 0 Å². The quantitative estimate of drug-likeness (QED) is 0.614. The maximum atomic E-state index is 12.9. The molecule has 1 heterocycles. The Hall–Kier alpha value is -2.73. The summed E-state index contributed by atoms with van der Waals surface area (Å²) in [6, 6.07) is 15.7. The molecule has 27 heavy (non-hydrogen) atoms. The van der Waals surface area contributed by atoms with Gasteiger partial charge in [-0.1, -0.05) is 12.1 Å². The fraction of sp³-hybridized carbons (Fsp3) is 0.190. The molecule has 138 valence electrons. The van der Waals surface area contributed by atoms with E-state index in [9.17, 15) is 9.18 Å². The van der Waals surface area contributed by atoms with Gasteiger partial charge in [0.1, 0.15) is 5.82 Å². The fourth-order valence-electron chi connectivity index (χ4n) is 2.58. The van der Waals surface area contributed by atoms with Crippen molar-refractivity contribution in [3.8, 4) is 0 Å². The number of rotatable bonds is 6. The number of amides is 1. The zero-order chi connectivity index (χ0) is 19.2. The Kier molecular flexibility index (Phi) is 6.19. The monoisotopic (exact) mass is 381 g/mol. The Bertz CT molecular complexity index is 907. The molecule has 3 rings (SSSR count). The highest BCUT2D eigenvalue weighted by molar-refractivity contribution is 7.99. The maximum absolute atomic E-state index is 12.9. The third kappa shape index (κ3) is 5.89. The second-order valence-corrected chi connectivity index (χ2v) is 7.28. The lowest BCUT2D eigenvalue weighted by molar-refractivity contribution is -0.116. The molecule has 1 amide bonds. The van der Waals surface area contributed by atoms with Crippen molar-refractivity contribution in [2.45, 2.75) is 36.7 Å². The van der Waals surface area contributed by atoms with E-state index in [1.807, 2.05) is 44.2 Å². The Morgan fingerprint density at radius 3 is 2.26 bits per heavy atom. The van der Waals surface area contributed by atoms with Gasteiger partial charge < -0.3 is 5.32 Å². The number of halogens is 1. The summed E-state index contributed by atoms with van der Waals surface area (Å²) in [6.45, 7) is 3.90. The SMILES string of the molecule is Cc1cc(C)nc(Sc2ccc(NC(=O)CCc3ccc(F)cc3)cc2)n1. The van der Waals surface area contributed by atoms with Gasteiger partial charge in [-0.25, -0.2) is 14.4 Å². The van der Waals surface area contributed by atoms with Crippen molar-refractivity contribution in [1.29, 1.82) is 0 Å². The van der Waals surface area contributed by atoms with E-state index in [2.05, 4.69) is 15.3 Å². The van der Waals surface area contributed by atoms with E-state index in [1.54, 1.807) is 12.1 Å². The van der Waals surface area contributed by atoms with Crippen LogP contribution in [0.15, 0.2) is 64.6 Å². The molecule has 0 aliphatic carbocycles. The number of nitrogens with zero attached hydrogens (tertiary/aromatic N) is 2. The molecule has 4 nitrogen and oxygen atoms in total. The maximum Gasteiger partial charge on any atom is 0.224 e. The zero-order valence-corrected chi connectivity index (χ0v) is 16.0. The van der Waals surface area contributed by atoms with Crippen LogP contribution in [0.1, 0.15) is 23.4 Å². The largest absolute Gasteiger partial charge is 0.326 e. The summed E-state index contributed by atoms with van der Waals surface area (Å²) in [4.78, 5) is 21.9. The minimum atomic E-state index is -0.271. The number of hydrogen-bond acceptors (Lipinski definition) is 4. The van der Waals surface area contributed by atoms with E-state index in [-0.39, 0.29) is 11.7 Å². The average molecular weight is 381 g/mol. The van der Waals surface area contributed by atoms with E-state index >= 15 is 0 Å². The molecule has 6 heteroatoms. The normalized spacial score (nSPS) is 10.6. The van der Waals surface area contributed by atoms with Crippen LogP contribution < -0.4 is 5.32 Å². The van der Waals surface area contributed by atoms with E-state index in [4.69, 9.17) is 0 Å². The van der Waals surface area contributed by atoms with Crippen LogP contribution in [0.2, 0.25) is 0 Å². The predicted octanol–water partition coefficient (Wildman–Crippen LogP) is 4.96. The first kappa shape index (κ1) is 19.0. The molecule has 0 saturated carbocycles. The van der Waals surface area contributed by atoms with Crippen LogP contribution in [0.4, 0.5) is 10.1 Å². The second-order valence-electron chi connectivity index (χ2n) is 6.23. The highest BCUT2D eigenvalue weighted by Gasteiger charge is 2.06. The summed E-state index contributed by atoms with van der Waals surface area (Å²) in [5.41, 5.74) is 3.56. The van der Waals surface area contributed by atoms with Crippen LogP contribution in [0.25, 0.3) is 0 Å². The number of hydrogen-bond donors (Lipinski definition) is 1. The summed E-state index contributed by atoms with van der Waals surface area (Å²) < 4.78 is 12.9. The number of aryl methyl sites for hydroxylation is 3. The van der Waals surface area contributed by atoms with Gasteiger partial charge in [-0.05, 0) is 80.1 Å². The van der Waals surface area contributed by atoms with Crippen LogP contribution in [-0.4, -0.2) is 15.9 Å². The summed E-state index contributed by atoms with van der Waals surface area (Å²) >= 11 is 1.49. The minimum Gasteiger partial charge on any atom is -0.326 e.